The van der Waals surface area contributed by atoms with E-state index in [2.05, 4.69) is 29.0 Å². The Hall–Kier alpha value is -1.58. The number of rotatable bonds is 1. The molecule has 0 aromatic carbocycles. The van der Waals surface area contributed by atoms with E-state index in [-0.39, 0.29) is 5.88 Å². The molecule has 4 heteroatoms. The van der Waals surface area contributed by atoms with E-state index in [1.165, 1.54) is 0 Å². The molecule has 0 saturated heterocycles. The van der Waals surface area contributed by atoms with Gasteiger partial charge in [-0.05, 0) is 17.5 Å². The van der Waals surface area contributed by atoms with Gasteiger partial charge in [0.15, 0.2) is 5.65 Å². The Labute approximate surface area is 75.6 Å². The van der Waals surface area contributed by atoms with E-state index >= 15 is 0 Å². The number of hydrogen-bond acceptors (Lipinski definition) is 3. The highest BCUT2D eigenvalue weighted by Gasteiger charge is 2.11. The highest BCUT2D eigenvalue weighted by molar-refractivity contribution is 5.84. The van der Waals surface area contributed by atoms with E-state index in [1.807, 2.05) is 6.07 Å². The monoisotopic (exact) mass is 177 g/mol. The third-order valence-electron chi connectivity index (χ3n) is 2.10. The van der Waals surface area contributed by atoms with Gasteiger partial charge in [-0.25, -0.2) is 4.98 Å². The van der Waals surface area contributed by atoms with Crippen LogP contribution >= 0.6 is 0 Å². The van der Waals surface area contributed by atoms with Gasteiger partial charge in [-0.3, -0.25) is 5.10 Å². The lowest BCUT2D eigenvalue weighted by Gasteiger charge is -2.05. The number of nitrogens with one attached hydrogen (secondary N) is 1. The van der Waals surface area contributed by atoms with Crippen LogP contribution < -0.4 is 0 Å². The lowest BCUT2D eigenvalue weighted by Crippen LogP contribution is -1.89. The lowest BCUT2D eigenvalue weighted by atomic mass is 10.0. The second-order valence-corrected chi connectivity index (χ2v) is 3.33. The van der Waals surface area contributed by atoms with Crippen LogP contribution in [-0.4, -0.2) is 20.3 Å². The zero-order valence-corrected chi connectivity index (χ0v) is 7.57. The van der Waals surface area contributed by atoms with Crippen LogP contribution in [0.15, 0.2) is 12.3 Å². The van der Waals surface area contributed by atoms with E-state index in [0.29, 0.717) is 11.6 Å². The number of pyridine rings is 1. The second-order valence-electron chi connectivity index (χ2n) is 3.33. The average Bonchev–Trinajstić information content (AvgIpc) is 2.48. The Kier molecular flexibility index (Phi) is 1.69. The third kappa shape index (κ3) is 1.14. The van der Waals surface area contributed by atoms with Gasteiger partial charge < -0.3 is 5.11 Å². The summed E-state index contributed by atoms with van der Waals surface area (Å²) in [5.74, 6) is 0.390. The standard InChI is InChI=1S/C9H11N3O/c1-5(2)6-3-4-10-8-7(6)9(13)12-11-8/h3-5H,1-2H3,(H2,10,11,12,13). The van der Waals surface area contributed by atoms with Crippen molar-refractivity contribution >= 4 is 11.0 Å². The van der Waals surface area contributed by atoms with Gasteiger partial charge in [0.2, 0.25) is 5.88 Å². The van der Waals surface area contributed by atoms with Crippen molar-refractivity contribution in [2.24, 2.45) is 0 Å². The average molecular weight is 177 g/mol. The maximum Gasteiger partial charge on any atom is 0.240 e. The summed E-state index contributed by atoms with van der Waals surface area (Å²) < 4.78 is 0. The smallest absolute Gasteiger partial charge is 0.240 e. The molecule has 0 fully saturated rings. The Morgan fingerprint density at radius 3 is 2.92 bits per heavy atom. The minimum Gasteiger partial charge on any atom is -0.492 e. The quantitative estimate of drug-likeness (QED) is 0.698. The number of H-pyrrole nitrogens is 1. The lowest BCUT2D eigenvalue weighted by molar-refractivity contribution is 0.456. The molecule has 68 valence electrons. The van der Waals surface area contributed by atoms with Crippen LogP contribution in [0.3, 0.4) is 0 Å². The van der Waals surface area contributed by atoms with Crippen molar-refractivity contribution in [3.63, 3.8) is 0 Å². The number of aromatic amines is 1. The molecule has 0 aliphatic rings. The molecule has 0 aliphatic heterocycles. The van der Waals surface area contributed by atoms with E-state index in [1.54, 1.807) is 6.20 Å². The van der Waals surface area contributed by atoms with E-state index < -0.39 is 0 Å². The van der Waals surface area contributed by atoms with Crippen LogP contribution in [-0.2, 0) is 0 Å². The summed E-state index contributed by atoms with van der Waals surface area (Å²) >= 11 is 0. The van der Waals surface area contributed by atoms with Crippen molar-refractivity contribution in [2.45, 2.75) is 19.8 Å². The maximum atomic E-state index is 9.46. The van der Waals surface area contributed by atoms with Crippen molar-refractivity contribution in [1.82, 2.24) is 15.2 Å². The molecule has 13 heavy (non-hydrogen) atoms. The highest BCUT2D eigenvalue weighted by Crippen LogP contribution is 2.28. The van der Waals surface area contributed by atoms with Gasteiger partial charge in [-0.2, -0.15) is 0 Å². The molecule has 0 bridgehead atoms. The topological polar surface area (TPSA) is 61.8 Å². The molecule has 2 heterocycles. The molecular formula is C9H11N3O. The molecule has 0 spiro atoms. The maximum absolute atomic E-state index is 9.46. The Morgan fingerprint density at radius 2 is 2.23 bits per heavy atom. The fraction of sp³-hybridized carbons (Fsp3) is 0.333. The number of hydrogen-bond donors (Lipinski definition) is 2. The molecular weight excluding hydrogens is 166 g/mol. The van der Waals surface area contributed by atoms with Gasteiger partial charge in [0.1, 0.15) is 0 Å². The fourth-order valence-corrected chi connectivity index (χ4v) is 1.44. The van der Waals surface area contributed by atoms with E-state index in [0.717, 1.165) is 10.9 Å². The fourth-order valence-electron chi connectivity index (χ4n) is 1.44. The first kappa shape index (κ1) is 8.04. The molecule has 0 amide bonds. The van der Waals surface area contributed by atoms with E-state index in [4.69, 9.17) is 0 Å². The van der Waals surface area contributed by atoms with Crippen molar-refractivity contribution in [3.8, 4) is 5.88 Å². The molecule has 2 aromatic heterocycles. The largest absolute Gasteiger partial charge is 0.492 e. The summed E-state index contributed by atoms with van der Waals surface area (Å²) in [5, 5.41) is 16.6. The Balaban J connectivity index is 2.80. The number of aromatic hydroxyl groups is 1. The number of fused-ring (bicyclic) bond motifs is 1. The normalized spacial score (nSPS) is 11.3. The molecule has 0 aliphatic carbocycles. The molecule has 0 unspecified atom stereocenters. The number of nitrogens with zero attached hydrogens (tertiary/aromatic N) is 2. The van der Waals surface area contributed by atoms with Crippen molar-refractivity contribution in [2.75, 3.05) is 0 Å². The van der Waals surface area contributed by atoms with Crippen LogP contribution in [0.4, 0.5) is 0 Å². The Bertz CT molecular complexity index is 433. The predicted octanol–water partition coefficient (Wildman–Crippen LogP) is 1.79. The van der Waals surface area contributed by atoms with Gasteiger partial charge in [0.25, 0.3) is 0 Å². The third-order valence-corrected chi connectivity index (χ3v) is 2.10. The summed E-state index contributed by atoms with van der Waals surface area (Å²) in [4.78, 5) is 4.07. The zero-order valence-electron chi connectivity index (χ0n) is 7.57. The summed E-state index contributed by atoms with van der Waals surface area (Å²) in [6.45, 7) is 4.14. The van der Waals surface area contributed by atoms with Crippen molar-refractivity contribution < 1.29 is 5.11 Å². The molecule has 0 saturated carbocycles. The van der Waals surface area contributed by atoms with Crippen molar-refractivity contribution in [3.05, 3.63) is 17.8 Å². The van der Waals surface area contributed by atoms with Crippen LogP contribution in [0.5, 0.6) is 5.88 Å². The van der Waals surface area contributed by atoms with Gasteiger partial charge >= 0.3 is 0 Å². The van der Waals surface area contributed by atoms with Gasteiger partial charge in [0, 0.05) is 6.20 Å². The molecule has 2 N–H and O–H groups in total. The minimum atomic E-state index is 0.0341. The minimum absolute atomic E-state index is 0.0341. The SMILES string of the molecule is CC(C)c1ccnc2[nH]nc(O)c12. The highest BCUT2D eigenvalue weighted by atomic mass is 16.3. The zero-order chi connectivity index (χ0) is 9.42. The molecule has 0 atom stereocenters. The summed E-state index contributed by atoms with van der Waals surface area (Å²) in [6, 6.07) is 1.90. The van der Waals surface area contributed by atoms with Gasteiger partial charge in [-0.15, -0.1) is 5.10 Å². The van der Waals surface area contributed by atoms with Gasteiger partial charge in [0.05, 0.1) is 5.39 Å². The van der Waals surface area contributed by atoms with Crippen molar-refractivity contribution in [1.29, 1.82) is 0 Å². The molecule has 2 rings (SSSR count). The van der Waals surface area contributed by atoms with Crippen LogP contribution in [0.1, 0.15) is 25.3 Å². The number of aromatic nitrogens is 3. The summed E-state index contributed by atoms with van der Waals surface area (Å²) in [5.41, 5.74) is 1.71. The summed E-state index contributed by atoms with van der Waals surface area (Å²) in [6.07, 6.45) is 1.72. The van der Waals surface area contributed by atoms with E-state index in [9.17, 15) is 5.11 Å². The Morgan fingerprint density at radius 1 is 1.46 bits per heavy atom. The summed E-state index contributed by atoms with van der Waals surface area (Å²) in [7, 11) is 0. The first-order valence-electron chi connectivity index (χ1n) is 4.22. The predicted molar refractivity (Wildman–Crippen MR) is 49.6 cm³/mol. The molecule has 0 radical (unpaired) electrons. The first-order chi connectivity index (χ1) is 6.20. The van der Waals surface area contributed by atoms with Crippen LogP contribution in [0.25, 0.3) is 11.0 Å². The molecule has 4 nitrogen and oxygen atoms in total. The second kappa shape index (κ2) is 2.73. The first-order valence-corrected chi connectivity index (χ1v) is 4.22. The molecule has 2 aromatic rings. The van der Waals surface area contributed by atoms with Gasteiger partial charge in [-0.1, -0.05) is 13.8 Å². The van der Waals surface area contributed by atoms with Crippen LogP contribution in [0, 0.1) is 0 Å². The van der Waals surface area contributed by atoms with Crippen LogP contribution in [0.2, 0.25) is 0 Å².